The van der Waals surface area contributed by atoms with E-state index in [2.05, 4.69) is 39.2 Å². The van der Waals surface area contributed by atoms with E-state index in [0.717, 1.165) is 51.4 Å². The minimum Gasteiger partial charge on any atom is -0.481 e. The molecule has 7 atom stereocenters. The highest BCUT2D eigenvalue weighted by atomic mass is 28.4. The highest BCUT2D eigenvalue weighted by Crippen LogP contribution is 2.68. The molecule has 4 aliphatic carbocycles. The fraction of sp³-hybridized carbons (Fsp3) is 0.821. The third-order valence-corrected chi connectivity index (χ3v) is 11.1. The van der Waals surface area contributed by atoms with Crippen molar-refractivity contribution in [1.82, 2.24) is 0 Å². The molecule has 0 radical (unpaired) electrons. The van der Waals surface area contributed by atoms with Crippen LogP contribution in [0.3, 0.4) is 0 Å². The molecule has 1 heterocycles. The lowest BCUT2D eigenvalue weighted by atomic mass is 9.50. The quantitative estimate of drug-likeness (QED) is 0.378. The van der Waals surface area contributed by atoms with Crippen molar-refractivity contribution in [2.24, 2.45) is 29.1 Å². The first-order chi connectivity index (χ1) is 16.4. The van der Waals surface area contributed by atoms with Gasteiger partial charge in [-0.15, -0.1) is 0 Å². The van der Waals surface area contributed by atoms with Crippen LogP contribution in [-0.4, -0.2) is 55.2 Å². The molecule has 0 aromatic rings. The zero-order valence-electron chi connectivity index (χ0n) is 22.0. The minimum absolute atomic E-state index is 0.149. The number of carboxylic acids is 1. The summed E-state index contributed by atoms with van der Waals surface area (Å²) >= 11 is 0. The normalized spacial score (nSPS) is 41.0. The van der Waals surface area contributed by atoms with Gasteiger partial charge in [0, 0.05) is 18.3 Å². The second-order valence-corrected chi connectivity index (χ2v) is 17.5. The molecule has 0 bridgehead atoms. The summed E-state index contributed by atoms with van der Waals surface area (Å²) in [6.45, 7) is 14.7. The predicted molar refractivity (Wildman–Crippen MR) is 136 cm³/mol. The molecule has 1 aliphatic heterocycles. The van der Waals surface area contributed by atoms with Crippen LogP contribution < -0.4 is 0 Å². The Labute approximate surface area is 211 Å². The monoisotopic (exact) mass is 504 g/mol. The number of aliphatic hydroxyl groups excluding tert-OH is 1. The van der Waals surface area contributed by atoms with Crippen molar-refractivity contribution < 1.29 is 28.9 Å². The van der Waals surface area contributed by atoms with Crippen molar-refractivity contribution >= 4 is 14.3 Å². The summed E-state index contributed by atoms with van der Waals surface area (Å²) in [6, 6.07) is 0. The lowest BCUT2D eigenvalue weighted by Gasteiger charge is -2.58. The first-order valence-electron chi connectivity index (χ1n) is 13.7. The molecule has 196 valence electrons. The van der Waals surface area contributed by atoms with Crippen LogP contribution >= 0.6 is 0 Å². The van der Waals surface area contributed by atoms with E-state index >= 15 is 0 Å². The summed E-state index contributed by atoms with van der Waals surface area (Å²) < 4.78 is 19.1. The van der Waals surface area contributed by atoms with E-state index in [1.54, 1.807) is 5.57 Å². The second-order valence-electron chi connectivity index (χ2n) is 13.1. The Morgan fingerprint density at radius 2 is 1.89 bits per heavy atom. The van der Waals surface area contributed by atoms with E-state index < -0.39 is 26.0 Å². The molecule has 1 spiro atoms. The SMILES string of the molecule is C=C([C@H](O)CC(=O)O)[C@]1(O[Si](C)(C)C)CC[C@H]2[C@@H]3CC=C4CC5(CC[C@@H]4[C@H]3CC[C@@]21C)OCCO5. The van der Waals surface area contributed by atoms with Crippen LogP contribution in [0.1, 0.15) is 64.7 Å². The summed E-state index contributed by atoms with van der Waals surface area (Å²) in [5, 5.41) is 20.3. The average molecular weight is 505 g/mol. The number of aliphatic hydroxyl groups is 1. The molecule has 6 nitrogen and oxygen atoms in total. The largest absolute Gasteiger partial charge is 0.481 e. The summed E-state index contributed by atoms with van der Waals surface area (Å²) in [4.78, 5) is 11.4. The van der Waals surface area contributed by atoms with E-state index in [9.17, 15) is 15.0 Å². The van der Waals surface area contributed by atoms with Crippen LogP contribution in [0.2, 0.25) is 19.6 Å². The molecule has 35 heavy (non-hydrogen) atoms. The van der Waals surface area contributed by atoms with Crippen molar-refractivity contribution in [2.45, 2.75) is 102 Å². The van der Waals surface area contributed by atoms with Gasteiger partial charge in [0.25, 0.3) is 0 Å². The number of rotatable bonds is 6. The van der Waals surface area contributed by atoms with Gasteiger partial charge < -0.3 is 24.1 Å². The summed E-state index contributed by atoms with van der Waals surface area (Å²) in [7, 11) is -2.02. The Kier molecular flexibility index (Phi) is 6.44. The van der Waals surface area contributed by atoms with Gasteiger partial charge in [-0.2, -0.15) is 0 Å². The van der Waals surface area contributed by atoms with Gasteiger partial charge in [-0.3, -0.25) is 4.79 Å². The lowest BCUT2D eigenvalue weighted by Crippen LogP contribution is -2.58. The molecule has 5 aliphatic rings. The van der Waals surface area contributed by atoms with Crippen LogP contribution in [0, 0.1) is 29.1 Å². The van der Waals surface area contributed by atoms with Gasteiger partial charge in [-0.25, -0.2) is 0 Å². The molecular formula is C28H44O6Si. The number of carboxylic acid groups (broad SMARTS) is 1. The van der Waals surface area contributed by atoms with Crippen LogP contribution in [0.25, 0.3) is 0 Å². The molecule has 0 amide bonds. The summed E-state index contributed by atoms with van der Waals surface area (Å²) in [6.07, 6.45) is 9.27. The van der Waals surface area contributed by atoms with E-state index in [1.165, 1.54) is 0 Å². The second kappa shape index (κ2) is 8.79. The van der Waals surface area contributed by atoms with Crippen molar-refractivity contribution in [1.29, 1.82) is 0 Å². The number of fused-ring (bicyclic) bond motifs is 5. The number of ether oxygens (including phenoxy) is 2. The van der Waals surface area contributed by atoms with Gasteiger partial charge >= 0.3 is 5.97 Å². The van der Waals surface area contributed by atoms with Gasteiger partial charge in [0.15, 0.2) is 14.1 Å². The van der Waals surface area contributed by atoms with Crippen molar-refractivity contribution in [3.8, 4) is 0 Å². The molecule has 4 fully saturated rings. The van der Waals surface area contributed by atoms with Gasteiger partial charge in [-0.05, 0) is 87.4 Å². The first kappa shape index (κ1) is 25.6. The van der Waals surface area contributed by atoms with Crippen molar-refractivity contribution in [3.05, 3.63) is 23.8 Å². The Balaban J connectivity index is 1.44. The van der Waals surface area contributed by atoms with Crippen LogP contribution in [0.5, 0.6) is 0 Å². The first-order valence-corrected chi connectivity index (χ1v) is 17.1. The fourth-order valence-corrected chi connectivity index (χ4v) is 10.3. The highest BCUT2D eigenvalue weighted by Gasteiger charge is 2.65. The minimum atomic E-state index is -2.02. The standard InChI is InChI=1S/C28H44O6Si/c1-18(24(29)16-25(30)31)28(34-35(3,4)5)13-10-23-22-7-6-19-17-27(32-14-15-33-27)12-9-20(19)21(22)8-11-26(23,28)2/h6,20-24,29H,1,7-17H2,2-5H3,(H,30,31)/t20-,21+,22+,23-,24+,26-,28+/m0/s1. The van der Waals surface area contributed by atoms with E-state index in [4.69, 9.17) is 13.9 Å². The fourth-order valence-electron chi connectivity index (χ4n) is 8.83. The zero-order chi connectivity index (χ0) is 25.2. The van der Waals surface area contributed by atoms with E-state index in [0.29, 0.717) is 42.5 Å². The maximum absolute atomic E-state index is 11.4. The number of aliphatic carboxylic acids is 1. The van der Waals surface area contributed by atoms with E-state index in [-0.39, 0.29) is 17.6 Å². The number of hydrogen-bond acceptors (Lipinski definition) is 5. The van der Waals surface area contributed by atoms with Crippen molar-refractivity contribution in [3.63, 3.8) is 0 Å². The van der Waals surface area contributed by atoms with Gasteiger partial charge in [-0.1, -0.05) is 25.2 Å². The maximum atomic E-state index is 11.4. The predicted octanol–water partition coefficient (Wildman–Crippen LogP) is 5.28. The average Bonchev–Trinajstić information content (AvgIpc) is 3.34. The molecular weight excluding hydrogens is 460 g/mol. The lowest BCUT2D eigenvalue weighted by molar-refractivity contribution is -0.177. The molecule has 2 N–H and O–H groups in total. The van der Waals surface area contributed by atoms with E-state index in [1.807, 2.05) is 0 Å². The number of carbonyl (C=O) groups is 1. The maximum Gasteiger partial charge on any atom is 0.306 e. The molecule has 0 aromatic heterocycles. The smallest absolute Gasteiger partial charge is 0.306 e. The van der Waals surface area contributed by atoms with Crippen LogP contribution in [0.15, 0.2) is 23.8 Å². The number of hydrogen-bond donors (Lipinski definition) is 2. The Bertz CT molecular complexity index is 902. The van der Waals surface area contributed by atoms with Crippen LogP contribution in [-0.2, 0) is 18.7 Å². The summed E-state index contributed by atoms with van der Waals surface area (Å²) in [5.41, 5.74) is 1.33. The molecule has 1 saturated heterocycles. The number of allylic oxidation sites excluding steroid dienone is 1. The Morgan fingerprint density at radius 1 is 1.17 bits per heavy atom. The molecule has 0 unspecified atom stereocenters. The summed E-state index contributed by atoms with van der Waals surface area (Å²) in [5.74, 6) is 1.000. The van der Waals surface area contributed by atoms with Crippen LogP contribution in [0.4, 0.5) is 0 Å². The highest BCUT2D eigenvalue weighted by molar-refractivity contribution is 6.69. The van der Waals surface area contributed by atoms with Gasteiger partial charge in [0.05, 0.1) is 31.3 Å². The zero-order valence-corrected chi connectivity index (χ0v) is 23.0. The molecule has 5 rings (SSSR count). The third-order valence-electron chi connectivity index (χ3n) is 10.2. The van der Waals surface area contributed by atoms with Crippen molar-refractivity contribution in [2.75, 3.05) is 13.2 Å². The molecule has 7 heteroatoms. The van der Waals surface area contributed by atoms with Gasteiger partial charge in [0.2, 0.25) is 0 Å². The third kappa shape index (κ3) is 4.19. The molecule has 0 aromatic carbocycles. The Morgan fingerprint density at radius 3 is 2.54 bits per heavy atom. The Hall–Kier alpha value is -0.993. The van der Waals surface area contributed by atoms with Gasteiger partial charge in [0.1, 0.15) is 0 Å². The molecule has 3 saturated carbocycles. The topological polar surface area (TPSA) is 85.2 Å².